The summed E-state index contributed by atoms with van der Waals surface area (Å²) >= 11 is 0. The van der Waals surface area contributed by atoms with Gasteiger partial charge in [-0.05, 0) is 49.0 Å². The summed E-state index contributed by atoms with van der Waals surface area (Å²) in [5, 5.41) is 0. The summed E-state index contributed by atoms with van der Waals surface area (Å²) in [4.78, 5) is 26.2. The fourth-order valence-corrected chi connectivity index (χ4v) is 3.72. The van der Waals surface area contributed by atoms with Crippen LogP contribution in [-0.4, -0.2) is 50.7 Å². The topological polar surface area (TPSA) is 65.1 Å². The minimum absolute atomic E-state index is 0.151. The first-order valence-corrected chi connectivity index (χ1v) is 10.5. The average molecular weight is 424 g/mol. The predicted octanol–water partition coefficient (Wildman–Crippen LogP) is 3.74. The first kappa shape index (κ1) is 22.4. The van der Waals surface area contributed by atoms with Gasteiger partial charge in [0.05, 0.1) is 14.2 Å². The van der Waals surface area contributed by atoms with Crippen molar-refractivity contribution in [3.05, 3.63) is 65.7 Å². The third kappa shape index (κ3) is 6.60. The standard InChI is InChI=1S/C25H29NO5/c1-29-22-10-8-21(23(17-22)30-2)9-11-25(28)31-18-24(27)26-14-12-20(13-15-26)16-19-6-4-3-5-7-19/h3-11,17,20H,12-16,18H2,1-2H3/b11-9+. The zero-order chi connectivity index (χ0) is 22.1. The number of amides is 1. The maximum atomic E-state index is 12.4. The quantitative estimate of drug-likeness (QED) is 0.478. The molecule has 0 aliphatic carbocycles. The highest BCUT2D eigenvalue weighted by molar-refractivity contribution is 5.89. The number of methoxy groups -OCH3 is 2. The molecular formula is C25H29NO5. The van der Waals surface area contributed by atoms with E-state index in [2.05, 4.69) is 24.3 Å². The lowest BCUT2D eigenvalue weighted by Gasteiger charge is -2.32. The Bertz CT molecular complexity index is 901. The molecule has 1 heterocycles. The number of piperidine rings is 1. The molecule has 1 fully saturated rings. The Kier molecular flexibility index (Phi) is 8.10. The molecule has 6 nitrogen and oxygen atoms in total. The van der Waals surface area contributed by atoms with Crippen LogP contribution in [-0.2, 0) is 20.7 Å². The summed E-state index contributed by atoms with van der Waals surface area (Å²) in [6.45, 7) is 1.16. The summed E-state index contributed by atoms with van der Waals surface area (Å²) in [6.07, 6.45) is 5.86. The maximum absolute atomic E-state index is 12.4. The van der Waals surface area contributed by atoms with Crippen molar-refractivity contribution in [3.8, 4) is 11.5 Å². The van der Waals surface area contributed by atoms with E-state index in [1.165, 1.54) is 11.6 Å². The van der Waals surface area contributed by atoms with Gasteiger partial charge in [-0.3, -0.25) is 4.79 Å². The molecule has 1 aliphatic rings. The van der Waals surface area contributed by atoms with Gasteiger partial charge in [0.2, 0.25) is 0 Å². The van der Waals surface area contributed by atoms with Crippen LogP contribution in [0.1, 0.15) is 24.0 Å². The largest absolute Gasteiger partial charge is 0.497 e. The number of nitrogens with zero attached hydrogens (tertiary/aromatic N) is 1. The van der Waals surface area contributed by atoms with Crippen molar-refractivity contribution in [1.29, 1.82) is 0 Å². The molecule has 0 unspecified atom stereocenters. The molecule has 3 rings (SSSR count). The van der Waals surface area contributed by atoms with Crippen molar-refractivity contribution in [3.63, 3.8) is 0 Å². The third-order valence-corrected chi connectivity index (χ3v) is 5.51. The molecule has 1 amide bonds. The van der Waals surface area contributed by atoms with E-state index >= 15 is 0 Å². The number of hydrogen-bond acceptors (Lipinski definition) is 5. The van der Waals surface area contributed by atoms with Gasteiger partial charge in [-0.25, -0.2) is 4.79 Å². The number of benzene rings is 2. The van der Waals surface area contributed by atoms with Gasteiger partial charge in [-0.15, -0.1) is 0 Å². The summed E-state index contributed by atoms with van der Waals surface area (Å²) in [7, 11) is 3.12. The molecule has 0 atom stereocenters. The fraction of sp³-hybridized carbons (Fsp3) is 0.360. The molecule has 164 valence electrons. The lowest BCUT2D eigenvalue weighted by atomic mass is 9.90. The lowest BCUT2D eigenvalue weighted by molar-refractivity contribution is -0.148. The Hall–Kier alpha value is -3.28. The van der Waals surface area contributed by atoms with E-state index < -0.39 is 5.97 Å². The molecule has 2 aromatic rings. The van der Waals surface area contributed by atoms with E-state index in [0.717, 1.165) is 19.3 Å². The Morgan fingerprint density at radius 1 is 1.03 bits per heavy atom. The number of carbonyl (C=O) groups excluding carboxylic acids is 2. The number of carbonyl (C=O) groups is 2. The van der Waals surface area contributed by atoms with Crippen molar-refractivity contribution in [1.82, 2.24) is 4.90 Å². The van der Waals surface area contributed by atoms with E-state index in [9.17, 15) is 9.59 Å². The van der Waals surface area contributed by atoms with Crippen molar-refractivity contribution >= 4 is 18.0 Å². The van der Waals surface area contributed by atoms with E-state index in [0.29, 0.717) is 36.1 Å². The van der Waals surface area contributed by atoms with Gasteiger partial charge in [-0.1, -0.05) is 30.3 Å². The Labute approximate surface area is 183 Å². The van der Waals surface area contributed by atoms with E-state index in [4.69, 9.17) is 14.2 Å². The van der Waals surface area contributed by atoms with Crippen molar-refractivity contribution in [2.24, 2.45) is 5.92 Å². The number of rotatable bonds is 8. The van der Waals surface area contributed by atoms with Crippen LogP contribution in [0.25, 0.3) is 6.08 Å². The van der Waals surface area contributed by atoms with Gasteiger partial charge in [0.25, 0.3) is 5.91 Å². The predicted molar refractivity (Wildman–Crippen MR) is 119 cm³/mol. The van der Waals surface area contributed by atoms with Gasteiger partial charge >= 0.3 is 5.97 Å². The summed E-state index contributed by atoms with van der Waals surface area (Å²) < 4.78 is 15.6. The van der Waals surface area contributed by atoms with Crippen LogP contribution >= 0.6 is 0 Å². The Balaban J connectivity index is 1.42. The van der Waals surface area contributed by atoms with Crippen LogP contribution in [0.2, 0.25) is 0 Å². The molecular weight excluding hydrogens is 394 g/mol. The number of ether oxygens (including phenoxy) is 3. The molecule has 0 aromatic heterocycles. The fourth-order valence-electron chi connectivity index (χ4n) is 3.72. The second kappa shape index (κ2) is 11.2. The van der Waals surface area contributed by atoms with E-state index in [1.54, 1.807) is 43.4 Å². The molecule has 1 saturated heterocycles. The first-order valence-electron chi connectivity index (χ1n) is 10.5. The summed E-state index contributed by atoms with van der Waals surface area (Å²) in [5.41, 5.74) is 2.05. The molecule has 2 aromatic carbocycles. The highest BCUT2D eigenvalue weighted by Gasteiger charge is 2.23. The lowest BCUT2D eigenvalue weighted by Crippen LogP contribution is -2.41. The summed E-state index contributed by atoms with van der Waals surface area (Å²) in [5.74, 6) is 1.11. The Morgan fingerprint density at radius 3 is 2.45 bits per heavy atom. The van der Waals surface area contributed by atoms with Crippen molar-refractivity contribution in [2.45, 2.75) is 19.3 Å². The minimum atomic E-state index is -0.565. The number of likely N-dealkylation sites (tertiary alicyclic amines) is 1. The molecule has 0 saturated carbocycles. The first-order chi connectivity index (χ1) is 15.1. The highest BCUT2D eigenvalue weighted by Crippen LogP contribution is 2.25. The van der Waals surface area contributed by atoms with Crippen LogP contribution in [0.3, 0.4) is 0 Å². The zero-order valence-corrected chi connectivity index (χ0v) is 18.1. The maximum Gasteiger partial charge on any atom is 0.331 e. The summed E-state index contributed by atoms with van der Waals surface area (Å²) in [6, 6.07) is 15.7. The molecule has 0 bridgehead atoms. The Morgan fingerprint density at radius 2 is 1.77 bits per heavy atom. The van der Waals surface area contributed by atoms with Crippen LogP contribution in [0, 0.1) is 5.92 Å². The average Bonchev–Trinajstić information content (AvgIpc) is 2.82. The van der Waals surface area contributed by atoms with Crippen LogP contribution in [0.15, 0.2) is 54.6 Å². The molecule has 0 radical (unpaired) electrons. The number of hydrogen-bond donors (Lipinski definition) is 0. The highest BCUT2D eigenvalue weighted by atomic mass is 16.5. The molecule has 1 aliphatic heterocycles. The monoisotopic (exact) mass is 423 g/mol. The second-order valence-corrected chi connectivity index (χ2v) is 7.56. The molecule has 0 spiro atoms. The third-order valence-electron chi connectivity index (χ3n) is 5.51. The van der Waals surface area contributed by atoms with Gasteiger partial charge in [-0.2, -0.15) is 0 Å². The molecule has 31 heavy (non-hydrogen) atoms. The van der Waals surface area contributed by atoms with Gasteiger partial charge in [0.15, 0.2) is 6.61 Å². The number of esters is 1. The van der Waals surface area contributed by atoms with Crippen LogP contribution in [0.5, 0.6) is 11.5 Å². The minimum Gasteiger partial charge on any atom is -0.497 e. The van der Waals surface area contributed by atoms with Crippen LogP contribution in [0.4, 0.5) is 0 Å². The van der Waals surface area contributed by atoms with Crippen molar-refractivity contribution < 1.29 is 23.8 Å². The van der Waals surface area contributed by atoms with Gasteiger partial charge < -0.3 is 19.1 Å². The van der Waals surface area contributed by atoms with Gasteiger partial charge in [0, 0.05) is 30.8 Å². The van der Waals surface area contributed by atoms with Crippen molar-refractivity contribution in [2.75, 3.05) is 33.9 Å². The molecule has 0 N–H and O–H groups in total. The van der Waals surface area contributed by atoms with Gasteiger partial charge in [0.1, 0.15) is 11.5 Å². The van der Waals surface area contributed by atoms with Crippen LogP contribution < -0.4 is 9.47 Å². The zero-order valence-electron chi connectivity index (χ0n) is 18.1. The normalized spacial score (nSPS) is 14.5. The SMILES string of the molecule is COc1ccc(/C=C/C(=O)OCC(=O)N2CCC(Cc3ccccc3)CC2)c(OC)c1. The molecule has 6 heteroatoms. The van der Waals surface area contributed by atoms with E-state index in [1.807, 2.05) is 6.07 Å². The van der Waals surface area contributed by atoms with E-state index in [-0.39, 0.29) is 12.5 Å². The second-order valence-electron chi connectivity index (χ2n) is 7.56. The smallest absolute Gasteiger partial charge is 0.331 e.